The highest BCUT2D eigenvalue weighted by atomic mass is 16.5. The Labute approximate surface area is 150 Å². The van der Waals surface area contributed by atoms with Crippen molar-refractivity contribution in [1.29, 1.82) is 0 Å². The largest absolute Gasteiger partial charge is 0.507 e. The van der Waals surface area contributed by atoms with Gasteiger partial charge in [-0.05, 0) is 25.0 Å². The minimum atomic E-state index is -1.07. The van der Waals surface area contributed by atoms with Gasteiger partial charge in [-0.3, -0.25) is 0 Å². The van der Waals surface area contributed by atoms with Crippen LogP contribution in [0.2, 0.25) is 0 Å². The molecule has 7 nitrogen and oxygen atoms in total. The van der Waals surface area contributed by atoms with Crippen LogP contribution in [0.4, 0.5) is 0 Å². The minimum absolute atomic E-state index is 0.106. The Balaban J connectivity index is 2.19. The zero-order valence-corrected chi connectivity index (χ0v) is 14.5. The fourth-order valence-electron chi connectivity index (χ4n) is 3.60. The monoisotopic (exact) mass is 362 g/mol. The van der Waals surface area contributed by atoms with Gasteiger partial charge in [-0.25, -0.2) is 0 Å². The molecule has 1 aliphatic heterocycles. The van der Waals surface area contributed by atoms with Crippen molar-refractivity contribution in [1.82, 2.24) is 0 Å². The quantitative estimate of drug-likeness (QED) is 0.463. The molecule has 6 N–H and O–H groups in total. The van der Waals surface area contributed by atoms with Gasteiger partial charge in [-0.1, -0.05) is 13.8 Å². The Morgan fingerprint density at radius 1 is 0.885 bits per heavy atom. The van der Waals surface area contributed by atoms with E-state index in [0.29, 0.717) is 29.7 Å². The summed E-state index contributed by atoms with van der Waals surface area (Å²) < 4.78 is 5.92. The molecule has 2 aromatic carbocycles. The van der Waals surface area contributed by atoms with Crippen LogP contribution in [0, 0.1) is 0 Å². The number of aliphatic hydroxyl groups is 1. The zero-order valence-electron chi connectivity index (χ0n) is 14.5. The third-order valence-electron chi connectivity index (χ3n) is 4.93. The number of aliphatic hydroxyl groups excluding tert-OH is 1. The lowest BCUT2D eigenvalue weighted by Gasteiger charge is -2.38. The lowest BCUT2D eigenvalue weighted by atomic mass is 9.81. The summed E-state index contributed by atoms with van der Waals surface area (Å²) in [5.41, 5.74) is 1.19. The third-order valence-corrected chi connectivity index (χ3v) is 4.93. The maximum Gasteiger partial charge on any atom is 0.200 e. The van der Waals surface area contributed by atoms with Gasteiger partial charge < -0.3 is 35.4 Å². The summed E-state index contributed by atoms with van der Waals surface area (Å²) in [6, 6.07) is 3.65. The fourth-order valence-corrected chi connectivity index (χ4v) is 3.60. The van der Waals surface area contributed by atoms with Crippen molar-refractivity contribution in [2.45, 2.75) is 44.8 Å². The van der Waals surface area contributed by atoms with Crippen LogP contribution in [0.15, 0.2) is 18.2 Å². The van der Waals surface area contributed by atoms with E-state index in [-0.39, 0.29) is 17.1 Å². The molecule has 2 unspecified atom stereocenters. The van der Waals surface area contributed by atoms with E-state index >= 15 is 0 Å². The van der Waals surface area contributed by atoms with E-state index in [0.717, 1.165) is 0 Å². The molecule has 0 amide bonds. The first-order valence-corrected chi connectivity index (χ1v) is 8.47. The highest BCUT2D eigenvalue weighted by Crippen LogP contribution is 2.52. The summed E-state index contributed by atoms with van der Waals surface area (Å²) in [5.74, 6) is -2.18. The number of hydrogen-bond acceptors (Lipinski definition) is 7. The molecule has 1 aliphatic rings. The molecule has 2 aromatic rings. The lowest BCUT2D eigenvalue weighted by Crippen LogP contribution is -2.34. The van der Waals surface area contributed by atoms with Crippen LogP contribution in [0.25, 0.3) is 0 Å². The summed E-state index contributed by atoms with van der Waals surface area (Å²) >= 11 is 0. The van der Waals surface area contributed by atoms with E-state index < -0.39 is 35.4 Å². The highest BCUT2D eigenvalue weighted by Gasteiger charge is 2.41. The van der Waals surface area contributed by atoms with Gasteiger partial charge in [-0.15, -0.1) is 0 Å². The van der Waals surface area contributed by atoms with Crippen LogP contribution in [0.1, 0.15) is 49.0 Å². The van der Waals surface area contributed by atoms with Crippen LogP contribution in [0.5, 0.6) is 34.5 Å². The molecule has 0 fully saturated rings. The van der Waals surface area contributed by atoms with Crippen molar-refractivity contribution in [3.05, 3.63) is 34.9 Å². The van der Waals surface area contributed by atoms with E-state index in [1.54, 1.807) is 0 Å². The second-order valence-corrected chi connectivity index (χ2v) is 6.44. The Morgan fingerprint density at radius 3 is 2.04 bits per heavy atom. The molecule has 3 atom stereocenters. The number of benzene rings is 2. The van der Waals surface area contributed by atoms with Crippen LogP contribution in [-0.2, 0) is 6.42 Å². The molecule has 0 radical (unpaired) electrons. The molecular formula is C19H22O7. The summed E-state index contributed by atoms with van der Waals surface area (Å²) in [6.45, 7) is 3.68. The van der Waals surface area contributed by atoms with E-state index in [4.69, 9.17) is 4.74 Å². The van der Waals surface area contributed by atoms with Gasteiger partial charge in [-0.2, -0.15) is 0 Å². The van der Waals surface area contributed by atoms with E-state index in [9.17, 15) is 30.6 Å². The van der Waals surface area contributed by atoms with Crippen LogP contribution < -0.4 is 4.74 Å². The summed E-state index contributed by atoms with van der Waals surface area (Å²) in [5, 5.41) is 60.3. The van der Waals surface area contributed by atoms with Crippen molar-refractivity contribution < 1.29 is 35.4 Å². The van der Waals surface area contributed by atoms with Crippen LogP contribution >= 0.6 is 0 Å². The molecule has 26 heavy (non-hydrogen) atoms. The predicted molar refractivity (Wildman–Crippen MR) is 93.0 cm³/mol. The molecule has 0 spiro atoms. The van der Waals surface area contributed by atoms with Crippen molar-refractivity contribution in [3.63, 3.8) is 0 Å². The first-order chi connectivity index (χ1) is 12.3. The standard InChI is InChI=1S/C19H22O7/c1-3-9-11(20)7-12(21)15-10(4-2)16(24)18(26-19(9)15)8-5-13(22)17(25)14(23)6-8/h5-7,10,16,18,20-25H,3-4H2,1-2H3/t10?,16-,18?/m0/s1. The van der Waals surface area contributed by atoms with Crippen LogP contribution in [0.3, 0.4) is 0 Å². The van der Waals surface area contributed by atoms with E-state index in [1.165, 1.54) is 18.2 Å². The molecule has 0 bridgehead atoms. The zero-order chi connectivity index (χ0) is 19.2. The lowest BCUT2D eigenvalue weighted by molar-refractivity contribution is -0.00314. The molecular weight excluding hydrogens is 340 g/mol. The second-order valence-electron chi connectivity index (χ2n) is 6.44. The van der Waals surface area contributed by atoms with Crippen molar-refractivity contribution in [2.75, 3.05) is 0 Å². The topological polar surface area (TPSA) is 131 Å². The number of rotatable bonds is 3. The second kappa shape index (κ2) is 6.49. The van der Waals surface area contributed by atoms with Crippen molar-refractivity contribution >= 4 is 0 Å². The smallest absolute Gasteiger partial charge is 0.200 e. The normalized spacial score (nSPS) is 21.9. The fraction of sp³-hybridized carbons (Fsp3) is 0.368. The number of ether oxygens (including phenoxy) is 1. The molecule has 7 heteroatoms. The summed E-state index contributed by atoms with van der Waals surface area (Å²) in [7, 11) is 0. The molecule has 0 aliphatic carbocycles. The number of fused-ring (bicyclic) bond motifs is 1. The van der Waals surface area contributed by atoms with Gasteiger partial charge in [0.2, 0.25) is 0 Å². The third kappa shape index (κ3) is 2.64. The number of aromatic hydroxyl groups is 5. The molecule has 0 saturated carbocycles. The molecule has 0 aromatic heterocycles. The Morgan fingerprint density at radius 2 is 1.50 bits per heavy atom. The summed E-state index contributed by atoms with van der Waals surface area (Å²) in [4.78, 5) is 0. The van der Waals surface area contributed by atoms with Gasteiger partial charge in [0.1, 0.15) is 23.4 Å². The Kier molecular flexibility index (Phi) is 4.50. The highest BCUT2D eigenvalue weighted by molar-refractivity contribution is 5.60. The average molecular weight is 362 g/mol. The molecule has 0 saturated heterocycles. The maximum atomic E-state index is 10.8. The summed E-state index contributed by atoms with van der Waals surface area (Å²) in [6.07, 6.45) is -1.10. The number of hydrogen-bond donors (Lipinski definition) is 6. The SMILES string of the molecule is CCc1c(O)cc(O)c2c1OC(c1cc(O)c(O)c(O)c1)[C@@H](O)C2CC. The van der Waals surface area contributed by atoms with Gasteiger partial charge in [0.25, 0.3) is 0 Å². The molecule has 3 rings (SSSR count). The van der Waals surface area contributed by atoms with Crippen molar-refractivity contribution in [2.24, 2.45) is 0 Å². The van der Waals surface area contributed by atoms with Crippen molar-refractivity contribution in [3.8, 4) is 34.5 Å². The average Bonchev–Trinajstić information content (AvgIpc) is 2.59. The van der Waals surface area contributed by atoms with E-state index in [1.807, 2.05) is 13.8 Å². The van der Waals surface area contributed by atoms with Gasteiger partial charge in [0, 0.05) is 28.7 Å². The van der Waals surface area contributed by atoms with E-state index in [2.05, 4.69) is 0 Å². The first-order valence-electron chi connectivity index (χ1n) is 8.47. The first kappa shape index (κ1) is 18.0. The Hall–Kier alpha value is -2.80. The maximum absolute atomic E-state index is 10.8. The predicted octanol–water partition coefficient (Wildman–Crippen LogP) is 2.77. The number of phenolic OH excluding ortho intramolecular Hbond substituents is 5. The van der Waals surface area contributed by atoms with Gasteiger partial charge in [0.05, 0.1) is 0 Å². The van der Waals surface area contributed by atoms with Gasteiger partial charge in [0.15, 0.2) is 23.4 Å². The molecule has 1 heterocycles. The Bertz CT molecular complexity index is 823. The minimum Gasteiger partial charge on any atom is -0.507 e. The molecule has 140 valence electrons. The van der Waals surface area contributed by atoms with Gasteiger partial charge >= 0.3 is 0 Å². The van der Waals surface area contributed by atoms with Crippen LogP contribution in [-0.4, -0.2) is 36.7 Å². The number of phenols is 5.